The molecule has 0 N–H and O–H groups in total. The van der Waals surface area contributed by atoms with Crippen LogP contribution in [0.1, 0.15) is 0 Å². The molecule has 0 saturated heterocycles. The summed E-state index contributed by atoms with van der Waals surface area (Å²) in [6.07, 6.45) is 0. The minimum atomic E-state index is 0.693. The number of fused-ring (bicyclic) bond motifs is 10. The molecular formula is C36H21N3S. The van der Waals surface area contributed by atoms with E-state index >= 15 is 0 Å². The van der Waals surface area contributed by atoms with Crippen LogP contribution in [0.25, 0.3) is 80.9 Å². The minimum Gasteiger partial charge on any atom is -0.276 e. The Kier molecular flexibility index (Phi) is 4.48. The monoisotopic (exact) mass is 527 g/mol. The number of benzene rings is 6. The molecule has 3 aromatic heterocycles. The summed E-state index contributed by atoms with van der Waals surface area (Å²) in [7, 11) is 0. The molecule has 0 saturated carbocycles. The number of hydrogen-bond donors (Lipinski definition) is 0. The van der Waals surface area contributed by atoms with E-state index in [9.17, 15) is 0 Å². The molecule has 0 bridgehead atoms. The van der Waals surface area contributed by atoms with E-state index < -0.39 is 0 Å². The van der Waals surface area contributed by atoms with Gasteiger partial charge in [0.15, 0.2) is 0 Å². The van der Waals surface area contributed by atoms with Gasteiger partial charge in [0, 0.05) is 37.2 Å². The Morgan fingerprint density at radius 3 is 2.05 bits per heavy atom. The molecule has 0 radical (unpaired) electrons. The summed E-state index contributed by atoms with van der Waals surface area (Å²) < 4.78 is 4.86. The largest absolute Gasteiger partial charge is 0.276 e. The van der Waals surface area contributed by atoms with E-state index in [0.717, 1.165) is 27.7 Å². The number of nitrogens with zero attached hydrogens (tertiary/aromatic N) is 3. The number of para-hydroxylation sites is 2. The molecule has 186 valence electrons. The third-order valence-electron chi connectivity index (χ3n) is 8.00. The highest BCUT2D eigenvalue weighted by Crippen LogP contribution is 2.44. The first-order valence-electron chi connectivity index (χ1n) is 13.4. The van der Waals surface area contributed by atoms with Crippen LogP contribution in [0.4, 0.5) is 0 Å². The standard InChI is InChI=1S/C36H21N3S/c1-2-11-23(12-3-1)32-29-15-6-8-16-30(29)37-36(38-32)39-31-17-9-7-14-25(31)26-20-21-28-27-19-18-22-10-4-5-13-24(22)34(27)40-35(28)33(26)39/h1-21H. The van der Waals surface area contributed by atoms with Gasteiger partial charge in [-0.25, -0.2) is 9.97 Å². The second kappa shape index (κ2) is 8.22. The average molecular weight is 528 g/mol. The maximum Gasteiger partial charge on any atom is 0.235 e. The third kappa shape index (κ3) is 2.99. The van der Waals surface area contributed by atoms with Crippen LogP contribution in [0.3, 0.4) is 0 Å². The molecule has 3 heterocycles. The molecule has 0 fully saturated rings. The predicted octanol–water partition coefficient (Wildman–Crippen LogP) is 9.91. The molecule has 9 aromatic rings. The zero-order valence-corrected chi connectivity index (χ0v) is 22.2. The average Bonchev–Trinajstić information content (AvgIpc) is 3.57. The second-order valence-corrected chi connectivity index (χ2v) is 11.2. The Balaban J connectivity index is 1.47. The van der Waals surface area contributed by atoms with Crippen molar-refractivity contribution in [1.29, 1.82) is 0 Å². The lowest BCUT2D eigenvalue weighted by atomic mass is 10.1. The highest BCUT2D eigenvalue weighted by Gasteiger charge is 2.21. The van der Waals surface area contributed by atoms with Crippen molar-refractivity contribution in [2.24, 2.45) is 0 Å². The Morgan fingerprint density at radius 1 is 0.475 bits per heavy atom. The molecular weight excluding hydrogens is 506 g/mol. The molecule has 6 aromatic carbocycles. The van der Waals surface area contributed by atoms with E-state index in [4.69, 9.17) is 9.97 Å². The maximum atomic E-state index is 5.28. The lowest BCUT2D eigenvalue weighted by Crippen LogP contribution is -2.03. The highest BCUT2D eigenvalue weighted by molar-refractivity contribution is 7.27. The Morgan fingerprint density at radius 2 is 1.15 bits per heavy atom. The van der Waals surface area contributed by atoms with E-state index in [0.29, 0.717) is 5.95 Å². The quantitative estimate of drug-likeness (QED) is 0.224. The van der Waals surface area contributed by atoms with Crippen LogP contribution in [0.15, 0.2) is 127 Å². The van der Waals surface area contributed by atoms with Gasteiger partial charge in [-0.05, 0) is 22.9 Å². The van der Waals surface area contributed by atoms with Gasteiger partial charge in [-0.1, -0.05) is 115 Å². The third-order valence-corrected chi connectivity index (χ3v) is 9.26. The summed E-state index contributed by atoms with van der Waals surface area (Å²) in [6.45, 7) is 0. The van der Waals surface area contributed by atoms with Crippen molar-refractivity contribution in [1.82, 2.24) is 14.5 Å². The lowest BCUT2D eigenvalue weighted by Gasteiger charge is -2.12. The molecule has 40 heavy (non-hydrogen) atoms. The zero-order chi connectivity index (χ0) is 26.2. The molecule has 0 aliphatic heterocycles. The van der Waals surface area contributed by atoms with Crippen LogP contribution in [-0.4, -0.2) is 14.5 Å². The molecule has 4 heteroatoms. The molecule has 0 amide bonds. The topological polar surface area (TPSA) is 30.7 Å². The smallest absolute Gasteiger partial charge is 0.235 e. The van der Waals surface area contributed by atoms with Crippen LogP contribution in [0.2, 0.25) is 0 Å². The number of rotatable bonds is 2. The molecule has 0 aliphatic carbocycles. The van der Waals surface area contributed by atoms with Crippen LogP contribution in [0, 0.1) is 0 Å². The maximum absolute atomic E-state index is 5.28. The summed E-state index contributed by atoms with van der Waals surface area (Å²) >= 11 is 1.87. The van der Waals surface area contributed by atoms with Gasteiger partial charge in [-0.2, -0.15) is 0 Å². The summed E-state index contributed by atoms with van der Waals surface area (Å²) in [6, 6.07) is 45.1. The molecule has 9 rings (SSSR count). The van der Waals surface area contributed by atoms with E-state index in [1.54, 1.807) is 0 Å². The van der Waals surface area contributed by atoms with Crippen molar-refractivity contribution in [3.05, 3.63) is 127 Å². The Hall–Kier alpha value is -5.06. The van der Waals surface area contributed by atoms with Gasteiger partial charge in [-0.3, -0.25) is 4.57 Å². The van der Waals surface area contributed by atoms with E-state index in [1.807, 2.05) is 17.4 Å². The van der Waals surface area contributed by atoms with Crippen molar-refractivity contribution in [2.45, 2.75) is 0 Å². The first-order valence-corrected chi connectivity index (χ1v) is 14.3. The molecule has 0 spiro atoms. The highest BCUT2D eigenvalue weighted by atomic mass is 32.1. The van der Waals surface area contributed by atoms with Crippen LogP contribution in [0.5, 0.6) is 0 Å². The van der Waals surface area contributed by atoms with Crippen LogP contribution < -0.4 is 0 Å². The fourth-order valence-electron chi connectivity index (χ4n) is 6.20. The first-order chi connectivity index (χ1) is 19.8. The molecule has 3 nitrogen and oxygen atoms in total. The molecule has 0 unspecified atom stereocenters. The Bertz CT molecular complexity index is 2430. The summed E-state index contributed by atoms with van der Waals surface area (Å²) in [4.78, 5) is 10.5. The summed E-state index contributed by atoms with van der Waals surface area (Å²) in [5.41, 5.74) is 5.25. The van der Waals surface area contributed by atoms with Crippen LogP contribution in [-0.2, 0) is 0 Å². The van der Waals surface area contributed by atoms with Gasteiger partial charge in [0.05, 0.1) is 26.9 Å². The van der Waals surface area contributed by atoms with Crippen molar-refractivity contribution in [3.8, 4) is 17.2 Å². The van der Waals surface area contributed by atoms with E-state index in [2.05, 4.69) is 126 Å². The molecule has 0 atom stereocenters. The summed E-state index contributed by atoms with van der Waals surface area (Å²) in [5.74, 6) is 0.693. The van der Waals surface area contributed by atoms with Gasteiger partial charge in [0.2, 0.25) is 5.95 Å². The lowest BCUT2D eigenvalue weighted by molar-refractivity contribution is 1.02. The van der Waals surface area contributed by atoms with Gasteiger partial charge < -0.3 is 0 Å². The van der Waals surface area contributed by atoms with Gasteiger partial charge in [0.1, 0.15) is 0 Å². The van der Waals surface area contributed by atoms with Gasteiger partial charge >= 0.3 is 0 Å². The predicted molar refractivity (Wildman–Crippen MR) is 170 cm³/mol. The van der Waals surface area contributed by atoms with Crippen molar-refractivity contribution in [3.63, 3.8) is 0 Å². The van der Waals surface area contributed by atoms with E-state index in [-0.39, 0.29) is 0 Å². The second-order valence-electron chi connectivity index (χ2n) is 10.2. The van der Waals surface area contributed by atoms with Crippen LogP contribution >= 0.6 is 11.3 Å². The SMILES string of the molecule is c1ccc(-c2nc(-n3c4ccccc4c4ccc5c6ccc7ccccc7c6sc5c43)nc3ccccc23)cc1. The number of aromatic nitrogens is 3. The number of hydrogen-bond acceptors (Lipinski definition) is 3. The van der Waals surface area contributed by atoms with E-state index in [1.165, 1.54) is 47.2 Å². The van der Waals surface area contributed by atoms with Crippen molar-refractivity contribution in [2.75, 3.05) is 0 Å². The first kappa shape index (κ1) is 21.8. The fourth-order valence-corrected chi connectivity index (χ4v) is 7.57. The fraction of sp³-hybridized carbons (Fsp3) is 0. The minimum absolute atomic E-state index is 0.693. The van der Waals surface area contributed by atoms with Gasteiger partial charge in [0.25, 0.3) is 0 Å². The summed E-state index contributed by atoms with van der Waals surface area (Å²) in [5, 5.41) is 8.61. The van der Waals surface area contributed by atoms with Crippen molar-refractivity contribution >= 4 is 75.0 Å². The zero-order valence-electron chi connectivity index (χ0n) is 21.4. The molecule has 0 aliphatic rings. The normalized spacial score (nSPS) is 12.0. The number of thiophene rings is 1. The van der Waals surface area contributed by atoms with Gasteiger partial charge in [-0.15, -0.1) is 11.3 Å². The Labute approximate surface area is 233 Å². The van der Waals surface area contributed by atoms with Crippen molar-refractivity contribution < 1.29 is 0 Å².